The van der Waals surface area contributed by atoms with Gasteiger partial charge in [0.2, 0.25) is 0 Å². The molecular weight excluding hydrogens is 397 g/mol. The minimum atomic E-state index is -0.953. The zero-order chi connectivity index (χ0) is 21.5. The van der Waals surface area contributed by atoms with Crippen LogP contribution in [-0.2, 0) is 0 Å². The third-order valence-corrected chi connectivity index (χ3v) is 6.03. The van der Waals surface area contributed by atoms with Crippen molar-refractivity contribution in [2.45, 2.75) is 13.0 Å². The van der Waals surface area contributed by atoms with Gasteiger partial charge in [-0.1, -0.05) is 0 Å². The number of halogens is 1. The van der Waals surface area contributed by atoms with Gasteiger partial charge < -0.3 is 15.0 Å². The fraction of sp³-hybridized carbons (Fsp3) is 0.261. The number of aromatic nitrogens is 3. The van der Waals surface area contributed by atoms with Gasteiger partial charge in [0.15, 0.2) is 0 Å². The number of piperazine rings is 1. The van der Waals surface area contributed by atoms with E-state index in [1.54, 1.807) is 36.5 Å². The zero-order valence-electron chi connectivity index (χ0n) is 17.0. The highest BCUT2D eigenvalue weighted by Crippen LogP contribution is 2.29. The summed E-state index contributed by atoms with van der Waals surface area (Å²) in [5.74, 6) is -0.391. The average molecular weight is 419 g/mol. The Morgan fingerprint density at radius 3 is 2.65 bits per heavy atom. The van der Waals surface area contributed by atoms with Crippen LogP contribution in [0.3, 0.4) is 0 Å². The maximum atomic E-state index is 13.8. The summed E-state index contributed by atoms with van der Waals surface area (Å²) in [5, 5.41) is 10.0. The number of anilines is 1. The zero-order valence-corrected chi connectivity index (χ0v) is 17.0. The molecule has 7 nitrogen and oxygen atoms in total. The topological polar surface area (TPSA) is 85.3 Å². The number of hydrogen-bond acceptors (Lipinski definition) is 5. The maximum absolute atomic E-state index is 13.8. The highest BCUT2D eigenvalue weighted by Gasteiger charge is 2.25. The molecule has 1 unspecified atom stereocenters. The molecule has 1 saturated heterocycles. The summed E-state index contributed by atoms with van der Waals surface area (Å²) in [6, 6.07) is 11.6. The van der Waals surface area contributed by atoms with Crippen LogP contribution in [0.15, 0.2) is 48.7 Å². The van der Waals surface area contributed by atoms with Crippen LogP contribution in [0.4, 0.5) is 10.1 Å². The number of aromatic amines is 1. The summed E-state index contributed by atoms with van der Waals surface area (Å²) in [6.07, 6.45) is 1.77. The standard InChI is InChI=1S/C23H22FN5O2/c1-14(22-26-19-4-2-15(23(30)31)12-20(19)27-22)28-8-10-29(11-9-28)21-6-7-25-18-5-3-16(24)13-17(18)21/h2-7,12-14H,8-11H2,1H3,(H,26,27)(H,30,31). The number of nitrogens with one attached hydrogen (secondary N) is 1. The predicted octanol–water partition coefficient (Wildman–Crippen LogP) is 3.83. The first-order chi connectivity index (χ1) is 15.0. The van der Waals surface area contributed by atoms with Crippen molar-refractivity contribution in [1.29, 1.82) is 0 Å². The van der Waals surface area contributed by atoms with Crippen LogP contribution >= 0.6 is 0 Å². The van der Waals surface area contributed by atoms with Gasteiger partial charge in [0.1, 0.15) is 11.6 Å². The van der Waals surface area contributed by atoms with Gasteiger partial charge in [-0.25, -0.2) is 14.2 Å². The number of pyridine rings is 1. The number of benzene rings is 2. The van der Waals surface area contributed by atoms with Gasteiger partial charge in [-0.15, -0.1) is 0 Å². The Balaban J connectivity index is 1.33. The molecule has 1 aliphatic rings. The molecule has 0 saturated carbocycles. The van der Waals surface area contributed by atoms with Crippen LogP contribution in [0.2, 0.25) is 0 Å². The number of aromatic carboxylic acids is 1. The number of rotatable bonds is 4. The van der Waals surface area contributed by atoms with Crippen LogP contribution < -0.4 is 4.90 Å². The van der Waals surface area contributed by atoms with E-state index in [9.17, 15) is 14.3 Å². The van der Waals surface area contributed by atoms with Gasteiger partial charge in [0.05, 0.1) is 28.2 Å². The summed E-state index contributed by atoms with van der Waals surface area (Å²) in [5.41, 5.74) is 3.52. The lowest BCUT2D eigenvalue weighted by atomic mass is 10.1. The Bertz CT molecular complexity index is 1280. The second-order valence-electron chi connectivity index (χ2n) is 7.85. The molecule has 0 aliphatic carbocycles. The van der Waals surface area contributed by atoms with Crippen LogP contribution in [0, 0.1) is 5.82 Å². The number of nitrogens with zero attached hydrogens (tertiary/aromatic N) is 4. The number of carboxylic acids is 1. The second kappa shape index (κ2) is 7.63. The largest absolute Gasteiger partial charge is 0.478 e. The normalized spacial score (nSPS) is 16.1. The molecule has 31 heavy (non-hydrogen) atoms. The molecule has 3 heterocycles. The lowest BCUT2D eigenvalue weighted by Gasteiger charge is -2.38. The summed E-state index contributed by atoms with van der Waals surface area (Å²) < 4.78 is 13.8. The quantitative estimate of drug-likeness (QED) is 0.523. The Morgan fingerprint density at radius 1 is 1.10 bits per heavy atom. The van der Waals surface area contributed by atoms with Crippen LogP contribution in [-0.4, -0.2) is 57.1 Å². The molecule has 0 spiro atoms. The van der Waals surface area contributed by atoms with Crippen molar-refractivity contribution in [2.24, 2.45) is 0 Å². The number of carbonyl (C=O) groups is 1. The van der Waals surface area contributed by atoms with Crippen molar-refractivity contribution < 1.29 is 14.3 Å². The molecule has 0 amide bonds. The minimum absolute atomic E-state index is 0.0643. The van der Waals surface area contributed by atoms with E-state index in [4.69, 9.17) is 0 Å². The van der Waals surface area contributed by atoms with Crippen molar-refractivity contribution in [3.8, 4) is 0 Å². The third kappa shape index (κ3) is 3.59. The average Bonchev–Trinajstić information content (AvgIpc) is 3.21. The molecule has 4 aromatic rings. The number of H-pyrrole nitrogens is 1. The Morgan fingerprint density at radius 2 is 1.87 bits per heavy atom. The lowest BCUT2D eigenvalue weighted by molar-refractivity contribution is 0.0697. The lowest BCUT2D eigenvalue weighted by Crippen LogP contribution is -2.47. The van der Waals surface area contributed by atoms with Crippen LogP contribution in [0.1, 0.15) is 29.1 Å². The molecule has 158 valence electrons. The van der Waals surface area contributed by atoms with E-state index in [0.29, 0.717) is 0 Å². The molecule has 1 atom stereocenters. The van der Waals surface area contributed by atoms with E-state index < -0.39 is 5.97 Å². The SMILES string of the molecule is CC(c1nc2ccc(C(=O)O)cc2[nH]1)N1CCN(c2ccnc3ccc(F)cc23)CC1. The van der Waals surface area contributed by atoms with Gasteiger partial charge in [-0.2, -0.15) is 0 Å². The van der Waals surface area contributed by atoms with Gasteiger partial charge in [-0.3, -0.25) is 9.88 Å². The van der Waals surface area contributed by atoms with Gasteiger partial charge in [0, 0.05) is 43.4 Å². The predicted molar refractivity (Wildman–Crippen MR) is 117 cm³/mol. The summed E-state index contributed by atoms with van der Waals surface area (Å²) in [6.45, 7) is 5.38. The Kier molecular flexibility index (Phi) is 4.78. The van der Waals surface area contributed by atoms with Crippen molar-refractivity contribution in [2.75, 3.05) is 31.1 Å². The first-order valence-corrected chi connectivity index (χ1v) is 10.3. The second-order valence-corrected chi connectivity index (χ2v) is 7.85. The van der Waals surface area contributed by atoms with Crippen LogP contribution in [0.25, 0.3) is 21.9 Å². The molecule has 5 rings (SSSR count). The van der Waals surface area contributed by atoms with Crippen LogP contribution in [0.5, 0.6) is 0 Å². The highest BCUT2D eigenvalue weighted by molar-refractivity contribution is 5.92. The van der Waals surface area contributed by atoms with E-state index in [-0.39, 0.29) is 17.4 Å². The molecule has 1 fully saturated rings. The Labute approximate surface area is 178 Å². The van der Waals surface area contributed by atoms with E-state index >= 15 is 0 Å². The van der Waals surface area contributed by atoms with Gasteiger partial charge >= 0.3 is 5.97 Å². The van der Waals surface area contributed by atoms with Crippen molar-refractivity contribution in [3.05, 3.63) is 65.9 Å². The first-order valence-electron chi connectivity index (χ1n) is 10.3. The molecule has 2 aromatic heterocycles. The number of imidazole rings is 1. The van der Waals surface area contributed by atoms with Crippen molar-refractivity contribution >= 4 is 33.6 Å². The van der Waals surface area contributed by atoms with E-state index in [1.807, 2.05) is 6.07 Å². The summed E-state index contributed by atoms with van der Waals surface area (Å²) in [4.78, 5) is 28.1. The number of fused-ring (bicyclic) bond motifs is 2. The highest BCUT2D eigenvalue weighted by atomic mass is 19.1. The molecule has 1 aliphatic heterocycles. The molecule has 8 heteroatoms. The van der Waals surface area contributed by atoms with Gasteiger partial charge in [-0.05, 0) is 49.4 Å². The molecular formula is C23H22FN5O2. The Hall–Kier alpha value is -3.52. The third-order valence-electron chi connectivity index (χ3n) is 6.03. The van der Waals surface area contributed by atoms with Crippen molar-refractivity contribution in [1.82, 2.24) is 19.9 Å². The summed E-state index contributed by atoms with van der Waals surface area (Å²) in [7, 11) is 0. The molecule has 2 aromatic carbocycles. The number of carboxylic acid groups (broad SMARTS) is 1. The minimum Gasteiger partial charge on any atom is -0.478 e. The van der Waals surface area contributed by atoms with E-state index in [1.165, 1.54) is 6.07 Å². The maximum Gasteiger partial charge on any atom is 0.335 e. The van der Waals surface area contributed by atoms with Crippen molar-refractivity contribution in [3.63, 3.8) is 0 Å². The summed E-state index contributed by atoms with van der Waals surface area (Å²) >= 11 is 0. The molecule has 2 N–H and O–H groups in total. The van der Waals surface area contributed by atoms with E-state index in [2.05, 4.69) is 31.7 Å². The van der Waals surface area contributed by atoms with Gasteiger partial charge in [0.25, 0.3) is 0 Å². The fourth-order valence-electron chi connectivity index (χ4n) is 4.26. The van der Waals surface area contributed by atoms with E-state index in [0.717, 1.165) is 59.6 Å². The number of hydrogen-bond donors (Lipinski definition) is 2. The monoisotopic (exact) mass is 419 g/mol. The first kappa shape index (κ1) is 19.4. The fourth-order valence-corrected chi connectivity index (χ4v) is 4.26. The smallest absolute Gasteiger partial charge is 0.335 e. The molecule has 0 radical (unpaired) electrons. The molecule has 0 bridgehead atoms.